The van der Waals surface area contributed by atoms with E-state index in [4.69, 9.17) is 16.0 Å². The van der Waals surface area contributed by atoms with Crippen molar-refractivity contribution in [1.82, 2.24) is 0 Å². The van der Waals surface area contributed by atoms with Crippen LogP contribution in [0.15, 0.2) is 34.9 Å². The Bertz CT molecular complexity index is 527. The first-order chi connectivity index (χ1) is 8.08. The van der Waals surface area contributed by atoms with Gasteiger partial charge in [0, 0.05) is 16.5 Å². The summed E-state index contributed by atoms with van der Waals surface area (Å²) in [6, 6.07) is 5.23. The molecule has 5 heteroatoms. The molecule has 1 aromatic carbocycles. The van der Waals surface area contributed by atoms with Gasteiger partial charge in [-0.15, -0.1) is 0 Å². The van der Waals surface area contributed by atoms with E-state index in [9.17, 15) is 8.78 Å². The summed E-state index contributed by atoms with van der Waals surface area (Å²) in [7, 11) is 0. The Hall–Kier alpha value is -0.870. The van der Waals surface area contributed by atoms with E-state index in [0.29, 0.717) is 12.0 Å². The summed E-state index contributed by atoms with van der Waals surface area (Å²) in [5.41, 5.74) is 1.17. The Labute approximate surface area is 111 Å². The standard InChI is InChI=1S/C12H8BrClF2O/c13-10(9-3-4-17-12(9)14)5-7-1-2-8(15)6-11(7)16/h1-4,6,10H,5H2. The highest BCUT2D eigenvalue weighted by atomic mass is 79.9. The third-order valence-electron chi connectivity index (χ3n) is 2.40. The molecule has 0 saturated heterocycles. The average Bonchev–Trinajstić information content (AvgIpc) is 2.68. The predicted molar refractivity (Wildman–Crippen MR) is 65.4 cm³/mol. The Morgan fingerprint density at radius 2 is 2.06 bits per heavy atom. The maximum absolute atomic E-state index is 13.4. The largest absolute Gasteiger partial charge is 0.453 e. The van der Waals surface area contributed by atoms with Crippen LogP contribution in [0.3, 0.4) is 0 Å². The second kappa shape index (κ2) is 5.19. The van der Waals surface area contributed by atoms with Gasteiger partial charge in [0.05, 0.1) is 6.26 Å². The van der Waals surface area contributed by atoms with Crippen LogP contribution in [0.4, 0.5) is 8.78 Å². The Morgan fingerprint density at radius 1 is 1.29 bits per heavy atom. The third kappa shape index (κ3) is 2.87. The molecule has 0 aliphatic heterocycles. The van der Waals surface area contributed by atoms with Crippen molar-refractivity contribution in [2.24, 2.45) is 0 Å². The molecular formula is C12H8BrClF2O. The number of benzene rings is 1. The van der Waals surface area contributed by atoms with Crippen LogP contribution in [-0.4, -0.2) is 0 Å². The summed E-state index contributed by atoms with van der Waals surface area (Å²) in [4.78, 5) is -0.172. The van der Waals surface area contributed by atoms with Crippen molar-refractivity contribution in [2.75, 3.05) is 0 Å². The third-order valence-corrected chi connectivity index (χ3v) is 3.52. The van der Waals surface area contributed by atoms with Gasteiger partial charge in [-0.1, -0.05) is 22.0 Å². The molecule has 90 valence electrons. The molecule has 1 unspecified atom stereocenters. The Balaban J connectivity index is 2.19. The lowest BCUT2D eigenvalue weighted by Gasteiger charge is -2.09. The number of furan rings is 1. The molecule has 1 aromatic heterocycles. The monoisotopic (exact) mass is 320 g/mol. The number of rotatable bonds is 3. The van der Waals surface area contributed by atoms with Crippen molar-refractivity contribution < 1.29 is 13.2 Å². The van der Waals surface area contributed by atoms with E-state index < -0.39 is 11.6 Å². The Morgan fingerprint density at radius 3 is 2.65 bits per heavy atom. The van der Waals surface area contributed by atoms with E-state index in [0.717, 1.165) is 11.6 Å². The lowest BCUT2D eigenvalue weighted by Crippen LogP contribution is -1.98. The van der Waals surface area contributed by atoms with Crippen molar-refractivity contribution in [1.29, 1.82) is 0 Å². The quantitative estimate of drug-likeness (QED) is 0.734. The Kier molecular flexibility index (Phi) is 3.84. The van der Waals surface area contributed by atoms with Crippen LogP contribution >= 0.6 is 27.5 Å². The van der Waals surface area contributed by atoms with Gasteiger partial charge in [0.2, 0.25) is 0 Å². The van der Waals surface area contributed by atoms with E-state index in [1.54, 1.807) is 6.07 Å². The highest BCUT2D eigenvalue weighted by Gasteiger charge is 2.16. The smallest absolute Gasteiger partial charge is 0.197 e. The fraction of sp³-hybridized carbons (Fsp3) is 0.167. The lowest BCUT2D eigenvalue weighted by atomic mass is 10.1. The minimum Gasteiger partial charge on any atom is -0.453 e. The van der Waals surface area contributed by atoms with Crippen molar-refractivity contribution in [3.05, 3.63) is 58.5 Å². The van der Waals surface area contributed by atoms with Crippen LogP contribution < -0.4 is 0 Å². The summed E-state index contributed by atoms with van der Waals surface area (Å²) in [6.45, 7) is 0. The molecule has 0 spiro atoms. The van der Waals surface area contributed by atoms with Gasteiger partial charge in [-0.25, -0.2) is 8.78 Å². The minimum atomic E-state index is -0.585. The first-order valence-corrected chi connectivity index (χ1v) is 6.18. The first-order valence-electron chi connectivity index (χ1n) is 4.89. The molecule has 0 aliphatic carbocycles. The van der Waals surface area contributed by atoms with E-state index in [1.807, 2.05) is 0 Å². The van der Waals surface area contributed by atoms with E-state index in [1.165, 1.54) is 18.4 Å². The second-order valence-corrected chi connectivity index (χ2v) is 5.01. The number of alkyl halides is 1. The van der Waals surface area contributed by atoms with Gasteiger partial charge in [-0.05, 0) is 35.7 Å². The lowest BCUT2D eigenvalue weighted by molar-refractivity contribution is 0.562. The van der Waals surface area contributed by atoms with Crippen LogP contribution in [-0.2, 0) is 6.42 Å². The maximum atomic E-state index is 13.4. The van der Waals surface area contributed by atoms with Crippen molar-refractivity contribution >= 4 is 27.5 Å². The highest BCUT2D eigenvalue weighted by Crippen LogP contribution is 2.33. The molecule has 2 aromatic rings. The van der Waals surface area contributed by atoms with Crippen LogP contribution in [0.2, 0.25) is 5.22 Å². The molecule has 0 amide bonds. The fourth-order valence-corrected chi connectivity index (χ4v) is 2.61. The van der Waals surface area contributed by atoms with Gasteiger partial charge in [0.15, 0.2) is 5.22 Å². The zero-order chi connectivity index (χ0) is 12.4. The molecule has 0 aliphatic rings. The van der Waals surface area contributed by atoms with Crippen LogP contribution in [0.1, 0.15) is 16.0 Å². The number of hydrogen-bond donors (Lipinski definition) is 0. The highest BCUT2D eigenvalue weighted by molar-refractivity contribution is 9.09. The topological polar surface area (TPSA) is 13.1 Å². The van der Waals surface area contributed by atoms with Gasteiger partial charge in [0.25, 0.3) is 0 Å². The molecule has 17 heavy (non-hydrogen) atoms. The number of halogens is 4. The van der Waals surface area contributed by atoms with E-state index >= 15 is 0 Å². The summed E-state index contributed by atoms with van der Waals surface area (Å²) < 4.78 is 31.1. The zero-order valence-electron chi connectivity index (χ0n) is 8.59. The molecule has 0 bridgehead atoms. The summed E-state index contributed by atoms with van der Waals surface area (Å²) in [5, 5.41) is 0.273. The molecule has 1 nitrogen and oxygen atoms in total. The zero-order valence-corrected chi connectivity index (χ0v) is 10.9. The van der Waals surface area contributed by atoms with Gasteiger partial charge >= 0.3 is 0 Å². The van der Waals surface area contributed by atoms with E-state index in [2.05, 4.69) is 15.9 Å². The molecule has 0 fully saturated rings. The molecule has 0 radical (unpaired) electrons. The molecular weight excluding hydrogens is 313 g/mol. The van der Waals surface area contributed by atoms with E-state index in [-0.39, 0.29) is 10.0 Å². The maximum Gasteiger partial charge on any atom is 0.197 e. The van der Waals surface area contributed by atoms with Gasteiger partial charge in [-0.2, -0.15) is 0 Å². The summed E-state index contributed by atoms with van der Waals surface area (Å²) in [5.74, 6) is -1.15. The normalized spacial score (nSPS) is 12.7. The van der Waals surface area contributed by atoms with Crippen molar-refractivity contribution in [3.8, 4) is 0 Å². The predicted octanol–water partition coefficient (Wildman–Crippen LogP) is 4.89. The SMILES string of the molecule is Fc1ccc(CC(Br)c2ccoc2Cl)c(F)c1. The van der Waals surface area contributed by atoms with Gasteiger partial charge < -0.3 is 4.42 Å². The minimum absolute atomic E-state index is 0.172. The van der Waals surface area contributed by atoms with Crippen LogP contribution in [0, 0.1) is 11.6 Å². The van der Waals surface area contributed by atoms with Crippen LogP contribution in [0.5, 0.6) is 0 Å². The van der Waals surface area contributed by atoms with Crippen LogP contribution in [0.25, 0.3) is 0 Å². The average molecular weight is 322 g/mol. The summed E-state index contributed by atoms with van der Waals surface area (Å²) in [6.07, 6.45) is 1.83. The van der Waals surface area contributed by atoms with Gasteiger partial charge in [0.1, 0.15) is 11.6 Å². The number of hydrogen-bond acceptors (Lipinski definition) is 1. The first kappa shape index (κ1) is 12.6. The molecule has 1 heterocycles. The second-order valence-electron chi connectivity index (χ2n) is 3.56. The molecule has 1 atom stereocenters. The fourth-order valence-electron chi connectivity index (χ4n) is 1.52. The summed E-state index contributed by atoms with van der Waals surface area (Å²) >= 11 is 9.22. The molecule has 2 rings (SSSR count). The molecule has 0 N–H and O–H groups in total. The molecule has 0 saturated carbocycles. The van der Waals surface area contributed by atoms with Crippen molar-refractivity contribution in [3.63, 3.8) is 0 Å². The van der Waals surface area contributed by atoms with Gasteiger partial charge in [-0.3, -0.25) is 0 Å². The van der Waals surface area contributed by atoms with Crippen molar-refractivity contribution in [2.45, 2.75) is 11.2 Å².